The first-order valence-corrected chi connectivity index (χ1v) is 8.77. The molecular weight excluding hydrogens is 330 g/mol. The van der Waals surface area contributed by atoms with Crippen LogP contribution in [0.15, 0.2) is 54.9 Å². The number of hydrogen-bond acceptors (Lipinski definition) is 4. The molecule has 2 aromatic heterocycles. The maximum Gasteiger partial charge on any atom is 0.224 e. The van der Waals surface area contributed by atoms with Crippen LogP contribution in [0, 0.1) is 0 Å². The number of benzene rings is 1. The minimum atomic E-state index is -0.0257. The number of carbonyl (C=O) groups excluding carboxylic acids is 1. The van der Waals surface area contributed by atoms with E-state index in [2.05, 4.69) is 10.3 Å². The van der Waals surface area contributed by atoms with Gasteiger partial charge in [-0.05, 0) is 37.6 Å². The number of nitrogens with zero attached hydrogens (tertiary/aromatic N) is 2. The second kappa shape index (κ2) is 9.01. The molecule has 3 rings (SSSR count). The van der Waals surface area contributed by atoms with Crippen molar-refractivity contribution in [3.63, 3.8) is 0 Å². The SMILES string of the molecule is CCOCCCC(=O)Nc1cccc(OCc2cn3ccccc3n2)c1. The van der Waals surface area contributed by atoms with Crippen LogP contribution in [-0.2, 0) is 16.1 Å². The molecule has 0 fully saturated rings. The van der Waals surface area contributed by atoms with Crippen molar-refractivity contribution in [2.45, 2.75) is 26.4 Å². The van der Waals surface area contributed by atoms with Gasteiger partial charge in [0, 0.05) is 43.8 Å². The van der Waals surface area contributed by atoms with Crippen molar-refractivity contribution >= 4 is 17.2 Å². The van der Waals surface area contributed by atoms with Crippen molar-refractivity contribution in [2.75, 3.05) is 18.5 Å². The number of fused-ring (bicyclic) bond motifs is 1. The van der Waals surface area contributed by atoms with Gasteiger partial charge < -0.3 is 19.2 Å². The van der Waals surface area contributed by atoms with Gasteiger partial charge in [0.25, 0.3) is 0 Å². The summed E-state index contributed by atoms with van der Waals surface area (Å²) >= 11 is 0. The van der Waals surface area contributed by atoms with E-state index in [0.717, 1.165) is 17.0 Å². The fourth-order valence-electron chi connectivity index (χ4n) is 2.58. The van der Waals surface area contributed by atoms with E-state index >= 15 is 0 Å². The lowest BCUT2D eigenvalue weighted by Crippen LogP contribution is -2.12. The van der Waals surface area contributed by atoms with Crippen LogP contribution in [0.3, 0.4) is 0 Å². The van der Waals surface area contributed by atoms with Crippen molar-refractivity contribution in [1.82, 2.24) is 9.38 Å². The summed E-state index contributed by atoms with van der Waals surface area (Å²) in [6.07, 6.45) is 5.04. The van der Waals surface area contributed by atoms with Gasteiger partial charge in [-0.15, -0.1) is 0 Å². The highest BCUT2D eigenvalue weighted by Gasteiger charge is 2.05. The third kappa shape index (κ3) is 5.07. The lowest BCUT2D eigenvalue weighted by molar-refractivity contribution is -0.116. The van der Waals surface area contributed by atoms with E-state index in [1.54, 1.807) is 0 Å². The average Bonchev–Trinajstić information content (AvgIpc) is 3.07. The first-order valence-electron chi connectivity index (χ1n) is 8.77. The van der Waals surface area contributed by atoms with Gasteiger partial charge in [0.1, 0.15) is 18.0 Å². The van der Waals surface area contributed by atoms with Gasteiger partial charge in [0.05, 0.1) is 5.69 Å². The number of rotatable bonds is 9. The maximum atomic E-state index is 11.9. The van der Waals surface area contributed by atoms with Crippen LogP contribution >= 0.6 is 0 Å². The van der Waals surface area contributed by atoms with Gasteiger partial charge in [-0.2, -0.15) is 0 Å². The topological polar surface area (TPSA) is 64.9 Å². The van der Waals surface area contributed by atoms with E-state index in [9.17, 15) is 4.79 Å². The Hall–Kier alpha value is -2.86. The Morgan fingerprint density at radius 2 is 2.15 bits per heavy atom. The van der Waals surface area contributed by atoms with Crippen LogP contribution in [0.4, 0.5) is 5.69 Å². The summed E-state index contributed by atoms with van der Waals surface area (Å²) < 4.78 is 13.0. The molecule has 0 unspecified atom stereocenters. The molecule has 0 spiro atoms. The molecule has 6 heteroatoms. The Balaban J connectivity index is 1.52. The Morgan fingerprint density at radius 3 is 3.00 bits per heavy atom. The molecule has 0 aliphatic heterocycles. The van der Waals surface area contributed by atoms with Crippen LogP contribution in [0.2, 0.25) is 0 Å². The van der Waals surface area contributed by atoms with Crippen molar-refractivity contribution in [3.8, 4) is 5.75 Å². The van der Waals surface area contributed by atoms with Gasteiger partial charge in [-0.3, -0.25) is 4.79 Å². The third-order valence-corrected chi connectivity index (χ3v) is 3.82. The minimum Gasteiger partial charge on any atom is -0.487 e. The second-order valence-electron chi connectivity index (χ2n) is 5.86. The molecule has 2 heterocycles. The summed E-state index contributed by atoms with van der Waals surface area (Å²) in [5.41, 5.74) is 2.46. The van der Waals surface area contributed by atoms with Gasteiger partial charge in [0.2, 0.25) is 5.91 Å². The van der Waals surface area contributed by atoms with Crippen LogP contribution in [0.5, 0.6) is 5.75 Å². The molecule has 136 valence electrons. The molecule has 1 amide bonds. The molecule has 0 radical (unpaired) electrons. The standard InChI is InChI=1S/C20H23N3O3/c1-2-25-12-6-10-20(24)22-16-7-5-8-18(13-16)26-15-17-14-23-11-4-3-9-19(23)21-17/h3-5,7-9,11,13-14H,2,6,10,12,15H2,1H3,(H,22,24). The molecule has 3 aromatic rings. The van der Waals surface area contributed by atoms with E-state index in [4.69, 9.17) is 9.47 Å². The zero-order chi connectivity index (χ0) is 18.2. The molecule has 0 saturated heterocycles. The fourth-order valence-corrected chi connectivity index (χ4v) is 2.58. The number of hydrogen-bond donors (Lipinski definition) is 1. The van der Waals surface area contributed by atoms with Crippen molar-refractivity contribution < 1.29 is 14.3 Å². The number of imidazole rings is 1. The quantitative estimate of drug-likeness (QED) is 0.596. The number of anilines is 1. The van der Waals surface area contributed by atoms with Gasteiger partial charge in [-0.1, -0.05) is 12.1 Å². The van der Waals surface area contributed by atoms with Crippen molar-refractivity contribution in [1.29, 1.82) is 0 Å². The number of nitrogens with one attached hydrogen (secondary N) is 1. The third-order valence-electron chi connectivity index (χ3n) is 3.82. The Bertz CT molecular complexity index is 827. The molecule has 26 heavy (non-hydrogen) atoms. The first-order chi connectivity index (χ1) is 12.7. The second-order valence-corrected chi connectivity index (χ2v) is 5.86. The normalized spacial score (nSPS) is 10.8. The predicted molar refractivity (Wildman–Crippen MR) is 100 cm³/mol. The van der Waals surface area contributed by atoms with Crippen LogP contribution in [0.25, 0.3) is 5.65 Å². The molecule has 0 saturated carbocycles. The molecule has 0 atom stereocenters. The highest BCUT2D eigenvalue weighted by atomic mass is 16.5. The number of ether oxygens (including phenoxy) is 2. The Labute approximate surface area is 152 Å². The summed E-state index contributed by atoms with van der Waals surface area (Å²) in [5, 5.41) is 2.88. The molecule has 0 aliphatic carbocycles. The van der Waals surface area contributed by atoms with Crippen LogP contribution in [0.1, 0.15) is 25.5 Å². The van der Waals surface area contributed by atoms with E-state index in [0.29, 0.717) is 38.4 Å². The Morgan fingerprint density at radius 1 is 1.23 bits per heavy atom. The van der Waals surface area contributed by atoms with Crippen LogP contribution in [-0.4, -0.2) is 28.5 Å². The van der Waals surface area contributed by atoms with Crippen molar-refractivity contribution in [2.24, 2.45) is 0 Å². The van der Waals surface area contributed by atoms with E-state index in [-0.39, 0.29) is 5.91 Å². The van der Waals surface area contributed by atoms with Crippen molar-refractivity contribution in [3.05, 3.63) is 60.6 Å². The van der Waals surface area contributed by atoms with Gasteiger partial charge >= 0.3 is 0 Å². The highest BCUT2D eigenvalue weighted by Crippen LogP contribution is 2.19. The first kappa shape index (κ1) is 17.9. The number of amides is 1. The zero-order valence-electron chi connectivity index (χ0n) is 14.9. The molecule has 0 bridgehead atoms. The number of pyridine rings is 1. The zero-order valence-corrected chi connectivity index (χ0v) is 14.9. The molecule has 1 aromatic carbocycles. The molecular formula is C20H23N3O3. The Kier molecular flexibility index (Phi) is 6.22. The highest BCUT2D eigenvalue weighted by molar-refractivity contribution is 5.90. The summed E-state index contributed by atoms with van der Waals surface area (Å²) in [4.78, 5) is 16.4. The monoisotopic (exact) mass is 353 g/mol. The summed E-state index contributed by atoms with van der Waals surface area (Å²) in [5.74, 6) is 0.663. The van der Waals surface area contributed by atoms with E-state index in [1.807, 2.05) is 66.2 Å². The average molecular weight is 353 g/mol. The smallest absolute Gasteiger partial charge is 0.224 e. The predicted octanol–water partition coefficient (Wildman–Crippen LogP) is 3.67. The van der Waals surface area contributed by atoms with Gasteiger partial charge in [0.15, 0.2) is 0 Å². The largest absolute Gasteiger partial charge is 0.487 e. The molecule has 6 nitrogen and oxygen atoms in total. The fraction of sp³-hybridized carbons (Fsp3) is 0.300. The lowest BCUT2D eigenvalue weighted by Gasteiger charge is -2.08. The minimum absolute atomic E-state index is 0.0257. The lowest BCUT2D eigenvalue weighted by atomic mass is 10.2. The van der Waals surface area contributed by atoms with Gasteiger partial charge in [-0.25, -0.2) is 4.98 Å². The maximum absolute atomic E-state index is 11.9. The van der Waals surface area contributed by atoms with E-state index < -0.39 is 0 Å². The molecule has 0 aliphatic rings. The number of aromatic nitrogens is 2. The molecule has 1 N–H and O–H groups in total. The van der Waals surface area contributed by atoms with Crippen LogP contribution < -0.4 is 10.1 Å². The summed E-state index contributed by atoms with van der Waals surface area (Å²) in [7, 11) is 0. The summed E-state index contributed by atoms with van der Waals surface area (Å²) in [6, 6.07) is 13.2. The summed E-state index contributed by atoms with van der Waals surface area (Å²) in [6.45, 7) is 3.59. The number of carbonyl (C=O) groups is 1. The van der Waals surface area contributed by atoms with E-state index in [1.165, 1.54) is 0 Å².